The van der Waals surface area contributed by atoms with Crippen molar-refractivity contribution in [1.29, 1.82) is 0 Å². The van der Waals surface area contributed by atoms with Crippen molar-refractivity contribution < 1.29 is 14.3 Å². The van der Waals surface area contributed by atoms with Crippen molar-refractivity contribution in [3.63, 3.8) is 0 Å². The Morgan fingerprint density at radius 2 is 2.05 bits per heavy atom. The second-order valence-corrected chi connectivity index (χ2v) is 5.44. The number of ether oxygens (including phenoxy) is 1. The summed E-state index contributed by atoms with van der Waals surface area (Å²) in [4.78, 5) is 26.6. The quantitative estimate of drug-likeness (QED) is 0.792. The fourth-order valence-electron chi connectivity index (χ4n) is 2.52. The summed E-state index contributed by atoms with van der Waals surface area (Å²) in [6, 6.07) is -0.353. The lowest BCUT2D eigenvalue weighted by Crippen LogP contribution is -2.70. The third kappa shape index (κ3) is 3.08. The van der Waals surface area contributed by atoms with Crippen LogP contribution >= 0.6 is 0 Å². The molecule has 5 heteroatoms. The molecule has 1 fully saturated rings. The van der Waals surface area contributed by atoms with Gasteiger partial charge in [0.2, 0.25) is 11.8 Å². The number of hydrogen-bond donors (Lipinski definition) is 1. The number of rotatable bonds is 6. The summed E-state index contributed by atoms with van der Waals surface area (Å²) in [5.41, 5.74) is -0.774. The van der Waals surface area contributed by atoms with Crippen LogP contribution in [0.25, 0.3) is 0 Å². The number of nitrogens with one attached hydrogen (secondary N) is 1. The molecule has 0 aromatic heterocycles. The lowest BCUT2D eigenvalue weighted by molar-refractivity contribution is -0.157. The van der Waals surface area contributed by atoms with E-state index in [4.69, 9.17) is 4.74 Å². The molecule has 0 spiro atoms. The van der Waals surface area contributed by atoms with Crippen molar-refractivity contribution in [2.24, 2.45) is 0 Å². The molecular weight excluding hydrogens is 244 g/mol. The number of nitrogens with zero attached hydrogens (tertiary/aromatic N) is 1. The largest absolute Gasteiger partial charge is 0.385 e. The molecule has 1 saturated heterocycles. The molecule has 3 atom stereocenters. The number of amides is 2. The number of piperazine rings is 1. The maximum Gasteiger partial charge on any atom is 0.248 e. The van der Waals surface area contributed by atoms with E-state index >= 15 is 0 Å². The molecule has 0 aromatic carbocycles. The Hall–Kier alpha value is -1.10. The molecule has 5 nitrogen and oxygen atoms in total. The van der Waals surface area contributed by atoms with Gasteiger partial charge in [-0.25, -0.2) is 0 Å². The number of methoxy groups -OCH3 is 1. The molecule has 3 unspecified atom stereocenters. The monoisotopic (exact) mass is 270 g/mol. The zero-order chi connectivity index (χ0) is 14.6. The van der Waals surface area contributed by atoms with Crippen molar-refractivity contribution in [2.45, 2.75) is 64.6 Å². The average molecular weight is 270 g/mol. The first-order valence-corrected chi connectivity index (χ1v) is 7.05. The first kappa shape index (κ1) is 16.0. The van der Waals surface area contributed by atoms with Gasteiger partial charge >= 0.3 is 0 Å². The zero-order valence-corrected chi connectivity index (χ0v) is 12.7. The molecule has 1 heterocycles. The van der Waals surface area contributed by atoms with Crippen LogP contribution in [0, 0.1) is 0 Å². The van der Waals surface area contributed by atoms with E-state index in [2.05, 4.69) is 5.32 Å². The molecule has 2 amide bonds. The van der Waals surface area contributed by atoms with Gasteiger partial charge in [-0.3, -0.25) is 9.59 Å². The van der Waals surface area contributed by atoms with Crippen LogP contribution < -0.4 is 5.32 Å². The van der Waals surface area contributed by atoms with Gasteiger partial charge in [-0.05, 0) is 33.1 Å². The van der Waals surface area contributed by atoms with Crippen LogP contribution in [0.1, 0.15) is 47.0 Å². The van der Waals surface area contributed by atoms with E-state index in [0.717, 1.165) is 6.42 Å². The molecule has 0 saturated carbocycles. The Labute approximate surface area is 115 Å². The Morgan fingerprint density at radius 1 is 1.42 bits per heavy atom. The normalized spacial score (nSPS) is 29.3. The van der Waals surface area contributed by atoms with Gasteiger partial charge in [0.25, 0.3) is 0 Å². The van der Waals surface area contributed by atoms with E-state index in [0.29, 0.717) is 19.4 Å². The summed E-state index contributed by atoms with van der Waals surface area (Å²) < 4.78 is 5.07. The van der Waals surface area contributed by atoms with Gasteiger partial charge < -0.3 is 15.0 Å². The van der Waals surface area contributed by atoms with Gasteiger partial charge in [-0.15, -0.1) is 0 Å². The van der Waals surface area contributed by atoms with Crippen molar-refractivity contribution in [2.75, 3.05) is 13.7 Å². The van der Waals surface area contributed by atoms with Crippen LogP contribution in [-0.2, 0) is 14.3 Å². The Bertz CT molecular complexity index is 346. The smallest absolute Gasteiger partial charge is 0.248 e. The number of carbonyl (C=O) groups is 2. The standard InChI is InChI=1S/C14H26N2O3/c1-6-11-12(17)15-14(4,7-2)13(18)16(11)10(3)8-9-19-5/h10-11H,6-9H2,1-5H3,(H,15,17). The number of hydrogen-bond acceptors (Lipinski definition) is 3. The highest BCUT2D eigenvalue weighted by Gasteiger charge is 2.47. The van der Waals surface area contributed by atoms with E-state index < -0.39 is 5.54 Å². The van der Waals surface area contributed by atoms with Gasteiger partial charge in [-0.1, -0.05) is 13.8 Å². The SMILES string of the molecule is CCC1C(=O)NC(C)(CC)C(=O)N1C(C)CCOC. The minimum atomic E-state index is -0.774. The van der Waals surface area contributed by atoms with Crippen LogP contribution in [0.2, 0.25) is 0 Å². The molecule has 0 aliphatic carbocycles. The minimum absolute atomic E-state index is 0.00863. The predicted molar refractivity (Wildman–Crippen MR) is 73.7 cm³/mol. The van der Waals surface area contributed by atoms with E-state index in [9.17, 15) is 9.59 Å². The van der Waals surface area contributed by atoms with E-state index in [1.807, 2.05) is 20.8 Å². The van der Waals surface area contributed by atoms with E-state index in [1.54, 1.807) is 18.9 Å². The summed E-state index contributed by atoms with van der Waals surface area (Å²) in [5.74, 6) is -0.0271. The van der Waals surface area contributed by atoms with Gasteiger partial charge in [0, 0.05) is 19.8 Å². The van der Waals surface area contributed by atoms with Gasteiger partial charge in [0.15, 0.2) is 0 Å². The average Bonchev–Trinajstić information content (AvgIpc) is 2.39. The topological polar surface area (TPSA) is 58.6 Å². The highest BCUT2D eigenvalue weighted by Crippen LogP contribution is 2.25. The molecule has 1 aliphatic rings. The lowest BCUT2D eigenvalue weighted by Gasteiger charge is -2.46. The van der Waals surface area contributed by atoms with Crippen LogP contribution in [0.4, 0.5) is 0 Å². The maximum absolute atomic E-state index is 12.7. The Morgan fingerprint density at radius 3 is 2.53 bits per heavy atom. The van der Waals surface area contributed by atoms with Gasteiger partial charge in [0.1, 0.15) is 11.6 Å². The molecular formula is C14H26N2O3. The summed E-state index contributed by atoms with van der Waals surface area (Å²) in [6.45, 7) is 8.22. The molecule has 0 aromatic rings. The van der Waals surface area contributed by atoms with E-state index in [-0.39, 0.29) is 23.9 Å². The Balaban J connectivity index is 2.99. The van der Waals surface area contributed by atoms with Gasteiger partial charge in [0.05, 0.1) is 0 Å². The molecule has 1 rings (SSSR count). The fraction of sp³-hybridized carbons (Fsp3) is 0.857. The lowest BCUT2D eigenvalue weighted by atomic mass is 9.89. The number of carbonyl (C=O) groups excluding carboxylic acids is 2. The maximum atomic E-state index is 12.7. The first-order valence-electron chi connectivity index (χ1n) is 7.05. The second-order valence-electron chi connectivity index (χ2n) is 5.44. The van der Waals surface area contributed by atoms with Crippen molar-refractivity contribution in [3.8, 4) is 0 Å². The molecule has 0 radical (unpaired) electrons. The first-order chi connectivity index (χ1) is 8.91. The summed E-state index contributed by atoms with van der Waals surface area (Å²) in [6.07, 6.45) is 1.97. The zero-order valence-electron chi connectivity index (χ0n) is 12.7. The molecule has 0 bridgehead atoms. The second kappa shape index (κ2) is 6.37. The van der Waals surface area contributed by atoms with Crippen LogP contribution in [0.15, 0.2) is 0 Å². The third-order valence-electron chi connectivity index (χ3n) is 4.05. The highest BCUT2D eigenvalue weighted by atomic mass is 16.5. The summed E-state index contributed by atoms with van der Waals surface area (Å²) in [7, 11) is 1.64. The predicted octanol–water partition coefficient (Wildman–Crippen LogP) is 1.32. The van der Waals surface area contributed by atoms with Crippen LogP contribution in [-0.4, -0.2) is 48.1 Å². The van der Waals surface area contributed by atoms with E-state index in [1.165, 1.54) is 0 Å². The summed E-state index contributed by atoms with van der Waals surface area (Å²) in [5, 5.41) is 2.87. The van der Waals surface area contributed by atoms with Crippen molar-refractivity contribution in [3.05, 3.63) is 0 Å². The van der Waals surface area contributed by atoms with Crippen LogP contribution in [0.5, 0.6) is 0 Å². The van der Waals surface area contributed by atoms with Crippen molar-refractivity contribution >= 4 is 11.8 Å². The summed E-state index contributed by atoms with van der Waals surface area (Å²) >= 11 is 0. The molecule has 110 valence electrons. The third-order valence-corrected chi connectivity index (χ3v) is 4.05. The molecule has 1 N–H and O–H groups in total. The van der Waals surface area contributed by atoms with Gasteiger partial charge in [-0.2, -0.15) is 0 Å². The van der Waals surface area contributed by atoms with Crippen molar-refractivity contribution in [1.82, 2.24) is 10.2 Å². The minimum Gasteiger partial charge on any atom is -0.385 e. The Kier molecular flexibility index (Phi) is 5.35. The van der Waals surface area contributed by atoms with Crippen LogP contribution in [0.3, 0.4) is 0 Å². The fourth-order valence-corrected chi connectivity index (χ4v) is 2.52. The molecule has 19 heavy (non-hydrogen) atoms. The molecule has 1 aliphatic heterocycles. The highest BCUT2D eigenvalue weighted by molar-refractivity contribution is 5.99.